The Morgan fingerprint density at radius 1 is 1.00 bits per heavy atom. The minimum atomic E-state index is -0.887. The number of aromatic nitrogens is 2. The molecular formula is C26H23N3O6. The molecular weight excluding hydrogens is 450 g/mol. The second-order valence-corrected chi connectivity index (χ2v) is 8.05. The number of aliphatic hydroxyl groups is 1. The number of carbonyl (C=O) groups is 1. The fraction of sp³-hybridized carbons (Fsp3) is 0.192. The Balaban J connectivity index is 1.13. The van der Waals surface area contributed by atoms with Crippen LogP contribution in [0.3, 0.4) is 0 Å². The molecule has 0 fully saturated rings. The summed E-state index contributed by atoms with van der Waals surface area (Å²) in [4.78, 5) is 12.5. The van der Waals surface area contributed by atoms with Crippen molar-refractivity contribution in [1.29, 1.82) is 0 Å². The van der Waals surface area contributed by atoms with Gasteiger partial charge in [-0.2, -0.15) is 0 Å². The van der Waals surface area contributed by atoms with E-state index in [9.17, 15) is 9.90 Å². The van der Waals surface area contributed by atoms with Gasteiger partial charge in [-0.3, -0.25) is 4.79 Å². The van der Waals surface area contributed by atoms with Gasteiger partial charge in [0.15, 0.2) is 11.5 Å². The molecule has 0 saturated carbocycles. The van der Waals surface area contributed by atoms with E-state index in [0.717, 1.165) is 11.1 Å². The van der Waals surface area contributed by atoms with Crippen LogP contribution in [-0.2, 0) is 0 Å². The molecule has 0 aliphatic carbocycles. The van der Waals surface area contributed by atoms with Gasteiger partial charge in [-0.25, -0.2) is 0 Å². The molecule has 1 aromatic heterocycles. The van der Waals surface area contributed by atoms with Gasteiger partial charge in [-0.05, 0) is 55.5 Å². The number of fused-ring (bicyclic) bond motifs is 1. The first-order valence-corrected chi connectivity index (χ1v) is 11.0. The summed E-state index contributed by atoms with van der Waals surface area (Å²) in [5, 5.41) is 21.1. The molecule has 1 amide bonds. The highest BCUT2D eigenvalue weighted by Gasteiger charge is 2.16. The summed E-state index contributed by atoms with van der Waals surface area (Å²) < 4.78 is 21.9. The summed E-state index contributed by atoms with van der Waals surface area (Å²) >= 11 is 0. The highest BCUT2D eigenvalue weighted by Crippen LogP contribution is 2.35. The zero-order valence-corrected chi connectivity index (χ0v) is 18.9. The molecule has 2 N–H and O–H groups in total. The van der Waals surface area contributed by atoms with E-state index in [4.69, 9.17) is 18.6 Å². The van der Waals surface area contributed by atoms with Crippen LogP contribution >= 0.6 is 0 Å². The first-order chi connectivity index (χ1) is 17.0. The fourth-order valence-electron chi connectivity index (χ4n) is 3.53. The van der Waals surface area contributed by atoms with Crippen molar-refractivity contribution in [1.82, 2.24) is 15.5 Å². The maximum absolute atomic E-state index is 12.5. The number of hydrogen-bond donors (Lipinski definition) is 2. The van der Waals surface area contributed by atoms with E-state index in [0.29, 0.717) is 40.2 Å². The second-order valence-electron chi connectivity index (χ2n) is 8.05. The summed E-state index contributed by atoms with van der Waals surface area (Å²) in [7, 11) is 0. The highest BCUT2D eigenvalue weighted by atomic mass is 16.7. The van der Waals surface area contributed by atoms with Crippen LogP contribution in [0.4, 0.5) is 0 Å². The van der Waals surface area contributed by atoms with Crippen LogP contribution < -0.4 is 19.5 Å². The Bertz CT molecular complexity index is 1340. The lowest BCUT2D eigenvalue weighted by molar-refractivity contribution is 0.0843. The lowest BCUT2D eigenvalue weighted by Gasteiger charge is -2.13. The molecule has 9 nitrogen and oxygen atoms in total. The normalized spacial score (nSPS) is 12.9. The van der Waals surface area contributed by atoms with E-state index in [1.54, 1.807) is 42.5 Å². The Kier molecular flexibility index (Phi) is 6.32. The Morgan fingerprint density at radius 3 is 2.57 bits per heavy atom. The number of nitrogens with zero attached hydrogens (tertiary/aromatic N) is 2. The molecule has 9 heteroatoms. The quantitative estimate of drug-likeness (QED) is 0.399. The van der Waals surface area contributed by atoms with Crippen molar-refractivity contribution in [3.63, 3.8) is 0 Å². The standard InChI is InChI=1S/C26H23N3O6/c1-16-3-2-4-19(11-16)26-29-28-25(35-26)18-7-5-17(6-8-18)24(31)27-13-20(30)14-32-21-9-10-22-23(12-21)34-15-33-22/h2-12,20,30H,13-15H2,1H3,(H,27,31). The Labute approximate surface area is 201 Å². The number of carbonyl (C=O) groups excluding carboxylic acids is 1. The predicted molar refractivity (Wildman–Crippen MR) is 126 cm³/mol. The number of ether oxygens (including phenoxy) is 3. The minimum absolute atomic E-state index is 0.0132. The molecule has 1 aliphatic heterocycles. The van der Waals surface area contributed by atoms with Gasteiger partial charge in [-0.15, -0.1) is 10.2 Å². The summed E-state index contributed by atoms with van der Waals surface area (Å²) in [5.74, 6) is 2.28. The number of benzene rings is 3. The second kappa shape index (κ2) is 9.86. The van der Waals surface area contributed by atoms with Gasteiger partial charge in [0.2, 0.25) is 18.6 Å². The van der Waals surface area contributed by atoms with Crippen molar-refractivity contribution >= 4 is 5.91 Å². The van der Waals surface area contributed by atoms with Crippen molar-refractivity contribution in [3.8, 4) is 40.2 Å². The van der Waals surface area contributed by atoms with Gasteiger partial charge in [-0.1, -0.05) is 17.7 Å². The number of amides is 1. The highest BCUT2D eigenvalue weighted by molar-refractivity contribution is 5.94. The van der Waals surface area contributed by atoms with Gasteiger partial charge in [0.25, 0.3) is 5.91 Å². The van der Waals surface area contributed by atoms with E-state index >= 15 is 0 Å². The van der Waals surface area contributed by atoms with E-state index < -0.39 is 6.10 Å². The molecule has 35 heavy (non-hydrogen) atoms. The van der Waals surface area contributed by atoms with E-state index in [1.165, 1.54) is 0 Å². The predicted octanol–water partition coefficient (Wildman–Crippen LogP) is 3.61. The third-order valence-electron chi connectivity index (χ3n) is 5.37. The number of rotatable bonds is 8. The van der Waals surface area contributed by atoms with Crippen LogP contribution in [0.5, 0.6) is 17.2 Å². The first-order valence-electron chi connectivity index (χ1n) is 11.0. The van der Waals surface area contributed by atoms with Crippen LogP contribution in [0.2, 0.25) is 0 Å². The van der Waals surface area contributed by atoms with Crippen molar-refractivity contribution in [3.05, 3.63) is 77.9 Å². The summed E-state index contributed by atoms with van der Waals surface area (Å²) in [6.45, 7) is 2.22. The van der Waals surface area contributed by atoms with E-state index in [1.807, 2.05) is 31.2 Å². The third-order valence-corrected chi connectivity index (χ3v) is 5.37. The van der Waals surface area contributed by atoms with Gasteiger partial charge < -0.3 is 29.1 Å². The maximum atomic E-state index is 12.5. The lowest BCUT2D eigenvalue weighted by Crippen LogP contribution is -2.35. The van der Waals surface area contributed by atoms with Gasteiger partial charge >= 0.3 is 0 Å². The van der Waals surface area contributed by atoms with Crippen molar-refractivity contribution in [2.45, 2.75) is 13.0 Å². The zero-order valence-electron chi connectivity index (χ0n) is 18.9. The molecule has 4 aromatic rings. The van der Waals surface area contributed by atoms with Crippen LogP contribution in [0.1, 0.15) is 15.9 Å². The smallest absolute Gasteiger partial charge is 0.251 e. The number of hydrogen-bond acceptors (Lipinski definition) is 8. The monoisotopic (exact) mass is 473 g/mol. The van der Waals surface area contributed by atoms with Crippen LogP contribution in [0, 0.1) is 6.92 Å². The Morgan fingerprint density at radius 2 is 1.77 bits per heavy atom. The topological polar surface area (TPSA) is 116 Å². The van der Waals surface area contributed by atoms with Gasteiger partial charge in [0.1, 0.15) is 18.5 Å². The summed E-state index contributed by atoms with van der Waals surface area (Å²) in [6.07, 6.45) is -0.887. The fourth-order valence-corrected chi connectivity index (χ4v) is 3.53. The molecule has 0 radical (unpaired) electrons. The van der Waals surface area contributed by atoms with E-state index in [2.05, 4.69) is 15.5 Å². The molecule has 3 aromatic carbocycles. The molecule has 1 atom stereocenters. The van der Waals surface area contributed by atoms with Gasteiger partial charge in [0.05, 0.1) is 0 Å². The van der Waals surface area contributed by atoms with Crippen LogP contribution in [0.25, 0.3) is 22.9 Å². The molecule has 5 rings (SSSR count). The van der Waals surface area contributed by atoms with Crippen molar-refractivity contribution in [2.24, 2.45) is 0 Å². The molecule has 0 saturated heterocycles. The molecule has 2 heterocycles. The first kappa shape index (κ1) is 22.4. The average molecular weight is 473 g/mol. The average Bonchev–Trinajstić information content (AvgIpc) is 3.56. The largest absolute Gasteiger partial charge is 0.491 e. The number of aryl methyl sites for hydroxylation is 1. The zero-order chi connectivity index (χ0) is 24.2. The maximum Gasteiger partial charge on any atom is 0.251 e. The summed E-state index contributed by atoms with van der Waals surface area (Å²) in [6, 6.07) is 19.8. The van der Waals surface area contributed by atoms with Crippen LogP contribution in [0.15, 0.2) is 71.1 Å². The van der Waals surface area contributed by atoms with Crippen molar-refractivity contribution < 1.29 is 28.5 Å². The van der Waals surface area contributed by atoms with Gasteiger partial charge in [0, 0.05) is 29.3 Å². The lowest BCUT2D eigenvalue weighted by atomic mass is 10.1. The number of aliphatic hydroxyl groups excluding tert-OH is 1. The molecule has 1 unspecified atom stereocenters. The Hall–Kier alpha value is -4.37. The molecule has 0 spiro atoms. The van der Waals surface area contributed by atoms with E-state index in [-0.39, 0.29) is 25.9 Å². The van der Waals surface area contributed by atoms with Crippen molar-refractivity contribution in [2.75, 3.05) is 19.9 Å². The summed E-state index contributed by atoms with van der Waals surface area (Å²) in [5.41, 5.74) is 3.09. The number of nitrogens with one attached hydrogen (secondary N) is 1. The SMILES string of the molecule is Cc1cccc(-c2nnc(-c3ccc(C(=O)NCC(O)COc4ccc5c(c4)OCO5)cc3)o2)c1. The molecule has 1 aliphatic rings. The van der Waals surface area contributed by atoms with Crippen LogP contribution in [-0.4, -0.2) is 47.3 Å². The third kappa shape index (κ3) is 5.25. The molecule has 0 bridgehead atoms. The minimum Gasteiger partial charge on any atom is -0.491 e. The molecule has 178 valence electrons.